The molecule has 3 aromatic rings. The zero-order valence-electron chi connectivity index (χ0n) is 15.3. The smallest absolute Gasteiger partial charge is 0.261 e. The topological polar surface area (TPSA) is 55.2 Å². The van der Waals surface area contributed by atoms with E-state index in [1.54, 1.807) is 36.2 Å². The molecule has 8 heteroatoms. The fourth-order valence-corrected chi connectivity index (χ4v) is 3.88. The van der Waals surface area contributed by atoms with E-state index in [-0.39, 0.29) is 30.5 Å². The van der Waals surface area contributed by atoms with Gasteiger partial charge < -0.3 is 4.90 Å². The lowest BCUT2D eigenvalue weighted by Crippen LogP contribution is -2.31. The molecule has 3 rings (SSSR count). The van der Waals surface area contributed by atoms with Crippen LogP contribution in [0.15, 0.2) is 52.0 Å². The van der Waals surface area contributed by atoms with E-state index >= 15 is 0 Å². The van der Waals surface area contributed by atoms with Crippen molar-refractivity contribution in [2.75, 3.05) is 7.05 Å². The maximum atomic E-state index is 12.7. The quantitative estimate of drug-likeness (QED) is 0.509. The number of nitrogens with zero attached hydrogens (tertiary/aromatic N) is 3. The molecule has 1 aromatic heterocycles. The van der Waals surface area contributed by atoms with Crippen molar-refractivity contribution in [2.24, 2.45) is 0 Å². The Labute approximate surface area is 181 Å². The summed E-state index contributed by atoms with van der Waals surface area (Å²) in [6.45, 7) is 2.15. The van der Waals surface area contributed by atoms with Gasteiger partial charge in [0.05, 0.1) is 23.3 Å². The highest BCUT2D eigenvalue weighted by molar-refractivity contribution is 9.10. The molecule has 0 aliphatic rings. The molecule has 1 heterocycles. The number of rotatable bonds is 5. The summed E-state index contributed by atoms with van der Waals surface area (Å²) in [6, 6.07) is 10.3. The van der Waals surface area contributed by atoms with Crippen molar-refractivity contribution in [3.63, 3.8) is 0 Å². The lowest BCUT2D eigenvalue weighted by molar-refractivity contribution is -0.132. The van der Waals surface area contributed by atoms with Crippen molar-refractivity contribution in [3.05, 3.63) is 73.2 Å². The Kier molecular flexibility index (Phi) is 6.43. The van der Waals surface area contributed by atoms with E-state index in [1.165, 1.54) is 10.9 Å². The fraction of sp³-hybridized carbons (Fsp3) is 0.250. The molecular formula is C20H18BrCl2N3O2. The second-order valence-corrected chi connectivity index (χ2v) is 8.26. The van der Waals surface area contributed by atoms with Gasteiger partial charge in [0.1, 0.15) is 0 Å². The first-order chi connectivity index (χ1) is 13.3. The predicted octanol–water partition coefficient (Wildman–Crippen LogP) is 5.08. The second-order valence-electron chi connectivity index (χ2n) is 6.50. The number of carbonyl (C=O) groups is 1. The third-order valence-electron chi connectivity index (χ3n) is 4.74. The summed E-state index contributed by atoms with van der Waals surface area (Å²) < 4.78 is 2.27. The molecule has 1 amide bonds. The van der Waals surface area contributed by atoms with E-state index in [1.807, 2.05) is 19.1 Å². The summed E-state index contributed by atoms with van der Waals surface area (Å²) in [5.74, 6) is -0.0974. The first-order valence-electron chi connectivity index (χ1n) is 8.63. The Bertz CT molecular complexity index is 1100. The van der Waals surface area contributed by atoms with E-state index in [2.05, 4.69) is 20.9 Å². The minimum absolute atomic E-state index is 0.0974. The molecule has 1 unspecified atom stereocenters. The molecule has 0 bridgehead atoms. The third-order valence-corrected chi connectivity index (χ3v) is 5.80. The van der Waals surface area contributed by atoms with Gasteiger partial charge in [-0.2, -0.15) is 0 Å². The first kappa shape index (κ1) is 20.8. The van der Waals surface area contributed by atoms with Crippen LogP contribution >= 0.6 is 39.1 Å². The lowest BCUT2D eigenvalue weighted by Gasteiger charge is -2.26. The van der Waals surface area contributed by atoms with Gasteiger partial charge in [-0.3, -0.25) is 14.2 Å². The average molecular weight is 483 g/mol. The van der Waals surface area contributed by atoms with Crippen molar-refractivity contribution >= 4 is 55.9 Å². The fourth-order valence-electron chi connectivity index (χ4n) is 2.95. The zero-order chi connectivity index (χ0) is 20.4. The van der Waals surface area contributed by atoms with Crippen LogP contribution in [0.3, 0.4) is 0 Å². The molecular weight excluding hydrogens is 465 g/mol. The normalized spacial score (nSPS) is 12.2. The van der Waals surface area contributed by atoms with E-state index in [4.69, 9.17) is 23.2 Å². The van der Waals surface area contributed by atoms with Crippen LogP contribution in [-0.2, 0) is 11.3 Å². The van der Waals surface area contributed by atoms with Crippen LogP contribution in [0.5, 0.6) is 0 Å². The molecule has 0 fully saturated rings. The molecule has 1 atom stereocenters. The van der Waals surface area contributed by atoms with Gasteiger partial charge in [0.25, 0.3) is 5.56 Å². The van der Waals surface area contributed by atoms with Gasteiger partial charge in [-0.15, -0.1) is 0 Å². The molecule has 0 spiro atoms. The highest BCUT2D eigenvalue weighted by Crippen LogP contribution is 2.29. The Morgan fingerprint density at radius 3 is 2.71 bits per heavy atom. The molecule has 0 saturated carbocycles. The molecule has 2 aromatic carbocycles. The van der Waals surface area contributed by atoms with E-state index in [9.17, 15) is 9.59 Å². The summed E-state index contributed by atoms with van der Waals surface area (Å²) in [4.78, 5) is 31.2. The Morgan fingerprint density at radius 2 is 2.00 bits per heavy atom. The standard InChI is InChI=1S/C20H18BrCl2N3O2/c1-12(15-5-4-14(22)10-17(15)23)25(2)19(27)7-8-26-11-24-18-6-3-13(21)9-16(18)20(26)28/h3-6,9-12H,7-8H2,1-2H3. The summed E-state index contributed by atoms with van der Waals surface area (Å²) in [5.41, 5.74) is 1.27. The molecule has 0 aliphatic carbocycles. The van der Waals surface area contributed by atoms with Crippen molar-refractivity contribution < 1.29 is 4.79 Å². The number of hydrogen-bond acceptors (Lipinski definition) is 3. The number of benzene rings is 2. The Hall–Kier alpha value is -1.89. The highest BCUT2D eigenvalue weighted by Gasteiger charge is 2.20. The van der Waals surface area contributed by atoms with Crippen molar-refractivity contribution in [2.45, 2.75) is 25.9 Å². The summed E-state index contributed by atoms with van der Waals surface area (Å²) in [7, 11) is 1.72. The molecule has 5 nitrogen and oxygen atoms in total. The number of aryl methyl sites for hydroxylation is 1. The van der Waals surface area contributed by atoms with Gasteiger partial charge in [0.2, 0.25) is 5.91 Å². The van der Waals surface area contributed by atoms with Gasteiger partial charge >= 0.3 is 0 Å². The highest BCUT2D eigenvalue weighted by atomic mass is 79.9. The van der Waals surface area contributed by atoms with Gasteiger partial charge in [-0.25, -0.2) is 4.98 Å². The number of aromatic nitrogens is 2. The third kappa shape index (κ3) is 4.40. The van der Waals surface area contributed by atoms with Crippen LogP contribution in [-0.4, -0.2) is 27.4 Å². The molecule has 146 valence electrons. The van der Waals surface area contributed by atoms with Gasteiger partial charge in [-0.05, 0) is 42.8 Å². The summed E-state index contributed by atoms with van der Waals surface area (Å²) >= 11 is 15.6. The van der Waals surface area contributed by atoms with Crippen LogP contribution in [0.25, 0.3) is 10.9 Å². The van der Waals surface area contributed by atoms with Crippen molar-refractivity contribution in [1.29, 1.82) is 0 Å². The SMILES string of the molecule is CC(c1ccc(Cl)cc1Cl)N(C)C(=O)CCn1cnc2ccc(Br)cc2c1=O. The molecule has 0 radical (unpaired) electrons. The second kappa shape index (κ2) is 8.64. The zero-order valence-corrected chi connectivity index (χ0v) is 18.4. The predicted molar refractivity (Wildman–Crippen MR) is 116 cm³/mol. The minimum atomic E-state index is -0.223. The minimum Gasteiger partial charge on any atom is -0.339 e. The largest absolute Gasteiger partial charge is 0.339 e. The Balaban J connectivity index is 1.73. The van der Waals surface area contributed by atoms with Crippen LogP contribution in [0.2, 0.25) is 10.0 Å². The molecule has 28 heavy (non-hydrogen) atoms. The molecule has 0 N–H and O–H groups in total. The van der Waals surface area contributed by atoms with Gasteiger partial charge in [0.15, 0.2) is 0 Å². The summed E-state index contributed by atoms with van der Waals surface area (Å²) in [6.07, 6.45) is 1.65. The monoisotopic (exact) mass is 481 g/mol. The van der Waals surface area contributed by atoms with Gasteiger partial charge in [0, 0.05) is 34.5 Å². The van der Waals surface area contributed by atoms with E-state index < -0.39 is 0 Å². The number of halogens is 3. The van der Waals surface area contributed by atoms with E-state index in [0.29, 0.717) is 20.9 Å². The number of amides is 1. The lowest BCUT2D eigenvalue weighted by atomic mass is 10.1. The van der Waals surface area contributed by atoms with E-state index in [0.717, 1.165) is 10.0 Å². The Morgan fingerprint density at radius 1 is 1.25 bits per heavy atom. The maximum Gasteiger partial charge on any atom is 0.261 e. The number of fused-ring (bicyclic) bond motifs is 1. The van der Waals surface area contributed by atoms with Crippen molar-refractivity contribution in [1.82, 2.24) is 14.5 Å². The van der Waals surface area contributed by atoms with Gasteiger partial charge in [-0.1, -0.05) is 45.2 Å². The average Bonchev–Trinajstić information content (AvgIpc) is 2.66. The number of hydrogen-bond donors (Lipinski definition) is 0. The van der Waals surface area contributed by atoms with Crippen LogP contribution in [0.4, 0.5) is 0 Å². The van der Waals surface area contributed by atoms with Crippen LogP contribution in [0.1, 0.15) is 24.9 Å². The maximum absolute atomic E-state index is 12.7. The molecule has 0 aliphatic heterocycles. The number of carbonyl (C=O) groups excluding carboxylic acids is 1. The summed E-state index contributed by atoms with van der Waals surface area (Å²) in [5, 5.41) is 1.57. The van der Waals surface area contributed by atoms with Crippen LogP contribution < -0.4 is 5.56 Å². The first-order valence-corrected chi connectivity index (χ1v) is 10.2. The van der Waals surface area contributed by atoms with Crippen molar-refractivity contribution in [3.8, 4) is 0 Å². The van der Waals surface area contributed by atoms with Crippen LogP contribution in [0, 0.1) is 0 Å². The molecule has 0 saturated heterocycles.